The normalized spacial score (nSPS) is 20.3. The highest BCUT2D eigenvalue weighted by Gasteiger charge is 2.24. The summed E-state index contributed by atoms with van der Waals surface area (Å²) in [6.45, 7) is 9.97. The molecule has 1 aliphatic heterocycles. The second kappa shape index (κ2) is 6.52. The zero-order chi connectivity index (χ0) is 14.8. The van der Waals surface area contributed by atoms with Gasteiger partial charge < -0.3 is 4.74 Å². The molecule has 0 bridgehead atoms. The van der Waals surface area contributed by atoms with Gasteiger partial charge in [0.2, 0.25) is 0 Å². The van der Waals surface area contributed by atoms with Crippen LogP contribution in [0.15, 0.2) is 10.8 Å². The minimum Gasteiger partial charge on any atom is -0.368 e. The van der Waals surface area contributed by atoms with Crippen molar-refractivity contribution in [2.75, 3.05) is 19.7 Å². The van der Waals surface area contributed by atoms with Crippen LogP contribution in [0.25, 0.3) is 0 Å². The molecule has 114 valence electrons. The third kappa shape index (κ3) is 3.69. The Bertz CT molecular complexity index is 593. The number of nitrogens with zero attached hydrogens (tertiary/aromatic N) is 3. The van der Waals surface area contributed by atoms with Gasteiger partial charge in [0, 0.05) is 42.0 Å². The standard InChI is InChI=1S/C15H21N3OS2/c1-10(2)14-17-12(9-21-14)6-18-4-5-19-13(7-18)15-16-11(3)8-20-15/h8-10,13H,4-7H2,1-3H3/t13-/m0/s1. The van der Waals surface area contributed by atoms with Crippen LogP contribution in [0.5, 0.6) is 0 Å². The monoisotopic (exact) mass is 323 g/mol. The summed E-state index contributed by atoms with van der Waals surface area (Å²) in [5.41, 5.74) is 2.26. The highest BCUT2D eigenvalue weighted by molar-refractivity contribution is 7.10. The zero-order valence-electron chi connectivity index (χ0n) is 12.7. The van der Waals surface area contributed by atoms with Gasteiger partial charge in [0.25, 0.3) is 0 Å². The summed E-state index contributed by atoms with van der Waals surface area (Å²) in [5.74, 6) is 0.513. The Morgan fingerprint density at radius 2 is 2.19 bits per heavy atom. The molecule has 4 nitrogen and oxygen atoms in total. The van der Waals surface area contributed by atoms with Crippen LogP contribution in [0.4, 0.5) is 0 Å². The van der Waals surface area contributed by atoms with E-state index >= 15 is 0 Å². The Labute approximate surface area is 133 Å². The summed E-state index contributed by atoms with van der Waals surface area (Å²) in [7, 11) is 0. The molecule has 0 spiro atoms. The highest BCUT2D eigenvalue weighted by atomic mass is 32.1. The molecule has 0 amide bonds. The Kier molecular flexibility index (Phi) is 4.69. The number of rotatable bonds is 4. The van der Waals surface area contributed by atoms with Crippen LogP contribution < -0.4 is 0 Å². The van der Waals surface area contributed by atoms with Gasteiger partial charge in [-0.05, 0) is 6.92 Å². The maximum atomic E-state index is 5.88. The molecule has 21 heavy (non-hydrogen) atoms. The average Bonchev–Trinajstić information content (AvgIpc) is 3.08. The largest absolute Gasteiger partial charge is 0.368 e. The van der Waals surface area contributed by atoms with Gasteiger partial charge in [-0.15, -0.1) is 22.7 Å². The van der Waals surface area contributed by atoms with Gasteiger partial charge >= 0.3 is 0 Å². The molecule has 0 radical (unpaired) electrons. The molecule has 2 aromatic heterocycles. The molecular formula is C15H21N3OS2. The topological polar surface area (TPSA) is 38.2 Å². The third-order valence-electron chi connectivity index (χ3n) is 3.51. The first-order valence-electron chi connectivity index (χ1n) is 7.32. The van der Waals surface area contributed by atoms with Gasteiger partial charge in [0.05, 0.1) is 17.3 Å². The summed E-state index contributed by atoms with van der Waals surface area (Å²) in [5, 5.41) is 6.60. The Balaban J connectivity index is 1.63. The van der Waals surface area contributed by atoms with Gasteiger partial charge in [0.15, 0.2) is 0 Å². The zero-order valence-corrected chi connectivity index (χ0v) is 14.3. The molecule has 1 aliphatic rings. The lowest BCUT2D eigenvalue weighted by Gasteiger charge is -2.31. The molecule has 6 heteroatoms. The molecule has 3 rings (SSSR count). The van der Waals surface area contributed by atoms with Crippen molar-refractivity contribution in [3.63, 3.8) is 0 Å². The highest BCUT2D eigenvalue weighted by Crippen LogP contribution is 2.26. The van der Waals surface area contributed by atoms with Crippen molar-refractivity contribution in [1.29, 1.82) is 0 Å². The summed E-state index contributed by atoms with van der Waals surface area (Å²) in [6, 6.07) is 0. The fourth-order valence-electron chi connectivity index (χ4n) is 2.41. The summed E-state index contributed by atoms with van der Waals surface area (Å²) in [6.07, 6.45) is 0.112. The van der Waals surface area contributed by atoms with Crippen molar-refractivity contribution in [2.45, 2.75) is 39.3 Å². The number of hydrogen-bond donors (Lipinski definition) is 0. The fourth-order valence-corrected chi connectivity index (χ4v) is 4.07. The van der Waals surface area contributed by atoms with Crippen LogP contribution in [-0.4, -0.2) is 34.6 Å². The second-order valence-electron chi connectivity index (χ2n) is 5.75. The SMILES string of the molecule is Cc1csc([C@@H]2CN(Cc3csc(C(C)C)n3)CCO2)n1. The predicted octanol–water partition coefficient (Wildman–Crippen LogP) is 3.60. The first kappa shape index (κ1) is 15.1. The number of ether oxygens (including phenoxy) is 1. The smallest absolute Gasteiger partial charge is 0.123 e. The Hall–Kier alpha value is -0.820. The van der Waals surface area contributed by atoms with Crippen molar-refractivity contribution in [3.05, 3.63) is 32.2 Å². The lowest BCUT2D eigenvalue weighted by molar-refractivity contribution is -0.0333. The minimum atomic E-state index is 0.112. The Morgan fingerprint density at radius 1 is 1.33 bits per heavy atom. The van der Waals surface area contributed by atoms with Gasteiger partial charge in [-0.2, -0.15) is 0 Å². The molecule has 2 aromatic rings. The van der Waals surface area contributed by atoms with Gasteiger partial charge in [-0.1, -0.05) is 13.8 Å². The average molecular weight is 323 g/mol. The van der Waals surface area contributed by atoms with Crippen LogP contribution in [-0.2, 0) is 11.3 Å². The number of aryl methyl sites for hydroxylation is 1. The molecule has 0 unspecified atom stereocenters. The summed E-state index contributed by atoms with van der Waals surface area (Å²) >= 11 is 3.46. The van der Waals surface area contributed by atoms with E-state index < -0.39 is 0 Å². The first-order valence-corrected chi connectivity index (χ1v) is 9.08. The summed E-state index contributed by atoms with van der Waals surface area (Å²) < 4.78 is 5.88. The lowest BCUT2D eigenvalue weighted by atomic mass is 10.2. The quantitative estimate of drug-likeness (QED) is 0.861. The van der Waals surface area contributed by atoms with E-state index in [0.29, 0.717) is 5.92 Å². The molecule has 0 aliphatic carbocycles. The Morgan fingerprint density at radius 3 is 2.86 bits per heavy atom. The molecule has 1 atom stereocenters. The third-order valence-corrected chi connectivity index (χ3v) is 5.76. The van der Waals surface area contributed by atoms with Crippen molar-refractivity contribution in [2.24, 2.45) is 0 Å². The minimum absolute atomic E-state index is 0.112. The second-order valence-corrected chi connectivity index (χ2v) is 7.53. The van der Waals surface area contributed by atoms with Crippen LogP contribution in [0.1, 0.15) is 47.3 Å². The lowest BCUT2D eigenvalue weighted by Crippen LogP contribution is -2.37. The maximum absolute atomic E-state index is 5.88. The predicted molar refractivity (Wildman–Crippen MR) is 87.0 cm³/mol. The molecular weight excluding hydrogens is 302 g/mol. The molecule has 0 aromatic carbocycles. The van der Waals surface area contributed by atoms with Crippen LogP contribution in [0, 0.1) is 6.92 Å². The van der Waals surface area contributed by atoms with Crippen LogP contribution in [0.2, 0.25) is 0 Å². The van der Waals surface area contributed by atoms with E-state index in [1.807, 2.05) is 6.92 Å². The van der Waals surface area contributed by atoms with E-state index in [1.54, 1.807) is 22.7 Å². The van der Waals surface area contributed by atoms with Crippen molar-refractivity contribution >= 4 is 22.7 Å². The van der Waals surface area contributed by atoms with Gasteiger partial charge in [0.1, 0.15) is 11.1 Å². The number of hydrogen-bond acceptors (Lipinski definition) is 6. The van der Waals surface area contributed by atoms with E-state index in [9.17, 15) is 0 Å². The summed E-state index contributed by atoms with van der Waals surface area (Å²) in [4.78, 5) is 11.7. The van der Waals surface area contributed by atoms with Gasteiger partial charge in [-0.3, -0.25) is 4.90 Å². The number of morpholine rings is 1. The maximum Gasteiger partial charge on any atom is 0.123 e. The molecule has 1 fully saturated rings. The molecule has 0 N–H and O–H groups in total. The van der Waals surface area contributed by atoms with Crippen LogP contribution >= 0.6 is 22.7 Å². The molecule has 0 saturated carbocycles. The van der Waals surface area contributed by atoms with E-state index in [2.05, 4.69) is 34.5 Å². The van der Waals surface area contributed by atoms with E-state index in [1.165, 1.54) is 10.7 Å². The van der Waals surface area contributed by atoms with Crippen molar-refractivity contribution < 1.29 is 4.74 Å². The van der Waals surface area contributed by atoms with Crippen molar-refractivity contribution in [3.8, 4) is 0 Å². The van der Waals surface area contributed by atoms with E-state index in [4.69, 9.17) is 9.72 Å². The van der Waals surface area contributed by atoms with Crippen LogP contribution in [0.3, 0.4) is 0 Å². The molecule has 3 heterocycles. The molecule has 1 saturated heterocycles. The fraction of sp³-hybridized carbons (Fsp3) is 0.600. The first-order chi connectivity index (χ1) is 10.1. The van der Waals surface area contributed by atoms with E-state index in [0.717, 1.165) is 36.9 Å². The van der Waals surface area contributed by atoms with E-state index in [-0.39, 0.29) is 6.10 Å². The number of aromatic nitrogens is 2. The van der Waals surface area contributed by atoms with Crippen molar-refractivity contribution in [1.82, 2.24) is 14.9 Å². The van der Waals surface area contributed by atoms with Gasteiger partial charge in [-0.25, -0.2) is 9.97 Å². The number of thiazole rings is 2.